The fourth-order valence-electron chi connectivity index (χ4n) is 2.79. The van der Waals surface area contributed by atoms with Crippen LogP contribution in [0.15, 0.2) is 48.7 Å². The second-order valence-electron chi connectivity index (χ2n) is 6.29. The van der Waals surface area contributed by atoms with E-state index in [4.69, 9.17) is 4.74 Å². The number of nitrogens with zero attached hydrogens (tertiary/aromatic N) is 3. The molecule has 0 radical (unpaired) electrons. The standard InChI is InChI=1S/C19H16F2N4O4/c1-11-5-12(2)7-15(6-11)29-16-9-13(8-14(10-16)25(27)28)23-18(26)17-3-4-22-24(17)19(20)21/h3-10,19H,1-2H3,(H,23,26). The third kappa shape index (κ3) is 4.72. The summed E-state index contributed by atoms with van der Waals surface area (Å²) in [5.74, 6) is -0.307. The molecule has 0 fully saturated rings. The minimum Gasteiger partial charge on any atom is -0.457 e. The highest BCUT2D eigenvalue weighted by molar-refractivity contribution is 6.03. The summed E-state index contributed by atoms with van der Waals surface area (Å²) >= 11 is 0. The molecule has 0 aliphatic carbocycles. The Morgan fingerprint density at radius 2 is 1.79 bits per heavy atom. The molecule has 1 heterocycles. The number of ether oxygens (including phenoxy) is 1. The number of amides is 1. The van der Waals surface area contributed by atoms with Crippen LogP contribution in [0.5, 0.6) is 11.5 Å². The lowest BCUT2D eigenvalue weighted by molar-refractivity contribution is -0.384. The topological polar surface area (TPSA) is 99.3 Å². The van der Waals surface area contributed by atoms with Crippen molar-refractivity contribution in [3.8, 4) is 11.5 Å². The number of carbonyl (C=O) groups excluding carboxylic acids is 1. The minimum absolute atomic E-state index is 0.0191. The Morgan fingerprint density at radius 1 is 1.14 bits per heavy atom. The molecule has 1 amide bonds. The van der Waals surface area contributed by atoms with Crippen molar-refractivity contribution < 1.29 is 23.2 Å². The summed E-state index contributed by atoms with van der Waals surface area (Å²) in [6.45, 7) is 0.760. The number of alkyl halides is 2. The lowest BCUT2D eigenvalue weighted by atomic mass is 10.1. The van der Waals surface area contributed by atoms with Crippen molar-refractivity contribution in [2.75, 3.05) is 5.32 Å². The van der Waals surface area contributed by atoms with Crippen molar-refractivity contribution in [2.45, 2.75) is 20.4 Å². The molecule has 0 atom stereocenters. The molecule has 0 unspecified atom stereocenters. The first-order chi connectivity index (χ1) is 13.7. The molecule has 0 spiro atoms. The lowest BCUT2D eigenvalue weighted by Crippen LogP contribution is -2.18. The maximum Gasteiger partial charge on any atom is 0.333 e. The van der Waals surface area contributed by atoms with Crippen LogP contribution in [-0.4, -0.2) is 20.6 Å². The Hall–Kier alpha value is -3.82. The SMILES string of the molecule is Cc1cc(C)cc(Oc2cc(NC(=O)c3ccnn3C(F)F)cc([N+](=O)[O-])c2)c1. The largest absolute Gasteiger partial charge is 0.457 e. The van der Waals surface area contributed by atoms with Gasteiger partial charge in [0, 0.05) is 18.3 Å². The summed E-state index contributed by atoms with van der Waals surface area (Å²) in [6, 6.07) is 10.2. The number of nitro groups is 1. The van der Waals surface area contributed by atoms with E-state index >= 15 is 0 Å². The van der Waals surface area contributed by atoms with Gasteiger partial charge in [0.2, 0.25) is 0 Å². The fourth-order valence-corrected chi connectivity index (χ4v) is 2.79. The van der Waals surface area contributed by atoms with E-state index in [0.717, 1.165) is 29.5 Å². The van der Waals surface area contributed by atoms with Crippen molar-refractivity contribution in [3.05, 3.63) is 75.6 Å². The molecule has 0 aliphatic rings. The van der Waals surface area contributed by atoms with Crippen molar-refractivity contribution in [1.29, 1.82) is 0 Å². The number of anilines is 1. The van der Waals surface area contributed by atoms with Crippen LogP contribution in [0.25, 0.3) is 0 Å². The highest BCUT2D eigenvalue weighted by Crippen LogP contribution is 2.31. The first kappa shape index (κ1) is 19.9. The van der Waals surface area contributed by atoms with E-state index in [1.54, 1.807) is 12.1 Å². The molecule has 0 aliphatic heterocycles. The summed E-state index contributed by atoms with van der Waals surface area (Å²) in [4.78, 5) is 22.9. The molecule has 3 aromatic rings. The quantitative estimate of drug-likeness (QED) is 0.469. The summed E-state index contributed by atoms with van der Waals surface area (Å²) in [5.41, 5.74) is 1.19. The van der Waals surface area contributed by atoms with Gasteiger partial charge in [0.15, 0.2) is 0 Å². The molecular formula is C19H16F2N4O4. The van der Waals surface area contributed by atoms with Gasteiger partial charge in [-0.15, -0.1) is 0 Å². The highest BCUT2D eigenvalue weighted by atomic mass is 19.3. The first-order valence-electron chi connectivity index (χ1n) is 8.41. The zero-order valence-electron chi connectivity index (χ0n) is 15.4. The van der Waals surface area contributed by atoms with Crippen LogP contribution in [0, 0.1) is 24.0 Å². The van der Waals surface area contributed by atoms with Crippen LogP contribution in [0.4, 0.5) is 20.2 Å². The fraction of sp³-hybridized carbons (Fsp3) is 0.158. The van der Waals surface area contributed by atoms with E-state index in [1.807, 2.05) is 19.9 Å². The van der Waals surface area contributed by atoms with Crippen LogP contribution in [0.1, 0.15) is 28.2 Å². The number of hydrogen-bond acceptors (Lipinski definition) is 5. The van der Waals surface area contributed by atoms with Gasteiger partial charge in [-0.05, 0) is 43.2 Å². The van der Waals surface area contributed by atoms with Crippen molar-refractivity contribution in [1.82, 2.24) is 9.78 Å². The Kier molecular flexibility index (Phi) is 5.53. The normalized spacial score (nSPS) is 10.8. The molecule has 0 bridgehead atoms. The van der Waals surface area contributed by atoms with Crippen LogP contribution < -0.4 is 10.1 Å². The lowest BCUT2D eigenvalue weighted by Gasteiger charge is -2.11. The Morgan fingerprint density at radius 3 is 2.41 bits per heavy atom. The minimum atomic E-state index is -3.00. The summed E-state index contributed by atoms with van der Waals surface area (Å²) in [5, 5.41) is 17.0. The second-order valence-corrected chi connectivity index (χ2v) is 6.29. The van der Waals surface area contributed by atoms with Crippen LogP contribution in [0.3, 0.4) is 0 Å². The number of benzene rings is 2. The van der Waals surface area contributed by atoms with E-state index in [2.05, 4.69) is 10.4 Å². The summed E-state index contributed by atoms with van der Waals surface area (Å²) < 4.78 is 31.8. The Balaban J connectivity index is 1.91. The van der Waals surface area contributed by atoms with Gasteiger partial charge in [0.1, 0.15) is 17.2 Å². The molecule has 3 rings (SSSR count). The predicted octanol–water partition coefficient (Wildman–Crippen LogP) is 4.85. The van der Waals surface area contributed by atoms with Gasteiger partial charge in [-0.25, -0.2) is 0 Å². The predicted molar refractivity (Wildman–Crippen MR) is 101 cm³/mol. The zero-order valence-corrected chi connectivity index (χ0v) is 15.4. The summed E-state index contributed by atoms with van der Waals surface area (Å²) in [7, 11) is 0. The molecule has 29 heavy (non-hydrogen) atoms. The highest BCUT2D eigenvalue weighted by Gasteiger charge is 2.19. The summed E-state index contributed by atoms with van der Waals surface area (Å²) in [6.07, 6.45) is 1.06. The Labute approximate surface area is 163 Å². The average molecular weight is 402 g/mol. The molecule has 1 N–H and O–H groups in total. The van der Waals surface area contributed by atoms with E-state index in [-0.39, 0.29) is 27.5 Å². The Bertz CT molecular complexity index is 1060. The van der Waals surface area contributed by atoms with Crippen LogP contribution in [0.2, 0.25) is 0 Å². The first-order valence-corrected chi connectivity index (χ1v) is 8.41. The van der Waals surface area contributed by atoms with Crippen molar-refractivity contribution in [3.63, 3.8) is 0 Å². The molecule has 0 saturated carbocycles. The average Bonchev–Trinajstić information content (AvgIpc) is 3.10. The van der Waals surface area contributed by atoms with Gasteiger partial charge < -0.3 is 10.1 Å². The third-order valence-corrected chi connectivity index (χ3v) is 3.88. The monoisotopic (exact) mass is 402 g/mol. The molecule has 10 heteroatoms. The zero-order chi connectivity index (χ0) is 21.1. The molecule has 150 valence electrons. The number of hydrogen-bond donors (Lipinski definition) is 1. The van der Waals surface area contributed by atoms with Gasteiger partial charge >= 0.3 is 6.55 Å². The smallest absolute Gasteiger partial charge is 0.333 e. The molecular weight excluding hydrogens is 386 g/mol. The van der Waals surface area contributed by atoms with Gasteiger partial charge in [-0.1, -0.05) is 6.07 Å². The molecule has 2 aromatic carbocycles. The van der Waals surface area contributed by atoms with Gasteiger partial charge in [0.05, 0.1) is 16.7 Å². The van der Waals surface area contributed by atoms with E-state index < -0.39 is 17.4 Å². The number of carbonyl (C=O) groups is 1. The maximum atomic E-state index is 12.9. The van der Waals surface area contributed by atoms with E-state index in [0.29, 0.717) is 5.75 Å². The number of aryl methyl sites for hydroxylation is 2. The molecule has 8 nitrogen and oxygen atoms in total. The third-order valence-electron chi connectivity index (χ3n) is 3.88. The maximum absolute atomic E-state index is 12.9. The van der Waals surface area contributed by atoms with E-state index in [1.165, 1.54) is 12.1 Å². The number of aromatic nitrogens is 2. The second kappa shape index (κ2) is 8.05. The molecule has 1 aromatic heterocycles. The number of rotatable bonds is 6. The van der Waals surface area contributed by atoms with Gasteiger partial charge in [-0.3, -0.25) is 14.9 Å². The van der Waals surface area contributed by atoms with Gasteiger partial charge in [0.25, 0.3) is 11.6 Å². The van der Waals surface area contributed by atoms with Crippen LogP contribution in [-0.2, 0) is 0 Å². The van der Waals surface area contributed by atoms with Crippen molar-refractivity contribution >= 4 is 17.3 Å². The number of nitro benzene ring substituents is 1. The van der Waals surface area contributed by atoms with Crippen molar-refractivity contribution in [2.24, 2.45) is 0 Å². The number of non-ortho nitro benzene ring substituents is 1. The number of halogens is 2. The van der Waals surface area contributed by atoms with Crippen LogP contribution >= 0.6 is 0 Å². The van der Waals surface area contributed by atoms with E-state index in [9.17, 15) is 23.7 Å². The molecule has 0 saturated heterocycles. The van der Waals surface area contributed by atoms with Gasteiger partial charge in [-0.2, -0.15) is 18.6 Å². The number of nitrogens with one attached hydrogen (secondary N) is 1.